The van der Waals surface area contributed by atoms with Gasteiger partial charge in [-0.3, -0.25) is 9.69 Å². The van der Waals surface area contributed by atoms with Crippen molar-refractivity contribution in [3.05, 3.63) is 59.2 Å². The van der Waals surface area contributed by atoms with Gasteiger partial charge in [-0.25, -0.2) is 17.6 Å². The maximum absolute atomic E-state index is 13.5. The lowest BCUT2D eigenvalue weighted by Crippen LogP contribution is -2.30. The Balaban J connectivity index is 2.01. The minimum Gasteiger partial charge on any atom is -0.496 e. The van der Waals surface area contributed by atoms with E-state index in [-0.39, 0.29) is 13.1 Å². The highest BCUT2D eigenvalue weighted by atomic mass is 19.2. The predicted octanol–water partition coefficient (Wildman–Crippen LogP) is 3.32. The van der Waals surface area contributed by atoms with Crippen LogP contribution in [-0.2, 0) is 11.3 Å². The zero-order chi connectivity index (χ0) is 18.6. The van der Waals surface area contributed by atoms with E-state index >= 15 is 0 Å². The van der Waals surface area contributed by atoms with Crippen LogP contribution in [-0.4, -0.2) is 31.5 Å². The van der Waals surface area contributed by atoms with E-state index in [9.17, 15) is 22.4 Å². The summed E-state index contributed by atoms with van der Waals surface area (Å²) in [5.41, 5.74) is 0.0671. The molecule has 2 rings (SSSR count). The van der Waals surface area contributed by atoms with E-state index in [4.69, 9.17) is 4.74 Å². The van der Waals surface area contributed by atoms with Crippen LogP contribution in [0.1, 0.15) is 5.56 Å². The highest BCUT2D eigenvalue weighted by Gasteiger charge is 2.16. The molecule has 2 aromatic carbocycles. The molecule has 0 spiro atoms. The van der Waals surface area contributed by atoms with E-state index in [2.05, 4.69) is 5.32 Å². The van der Waals surface area contributed by atoms with Crippen LogP contribution in [0.15, 0.2) is 30.3 Å². The number of carbonyl (C=O) groups is 1. The Hall–Kier alpha value is -2.61. The first-order valence-corrected chi connectivity index (χ1v) is 7.26. The molecule has 0 heterocycles. The average Bonchev–Trinajstić information content (AvgIpc) is 2.55. The number of hydrogen-bond acceptors (Lipinski definition) is 3. The molecule has 2 aromatic rings. The first kappa shape index (κ1) is 18.7. The second-order valence-corrected chi connectivity index (χ2v) is 5.40. The molecule has 0 bridgehead atoms. The number of nitrogens with one attached hydrogen (secondary N) is 1. The number of carbonyl (C=O) groups excluding carboxylic acids is 1. The van der Waals surface area contributed by atoms with Crippen LogP contribution >= 0.6 is 0 Å². The molecule has 0 aliphatic carbocycles. The molecule has 0 aliphatic rings. The molecule has 4 nitrogen and oxygen atoms in total. The van der Waals surface area contributed by atoms with Crippen LogP contribution in [0.3, 0.4) is 0 Å². The van der Waals surface area contributed by atoms with Crippen molar-refractivity contribution >= 4 is 11.6 Å². The minimum atomic E-state index is -1.66. The van der Waals surface area contributed by atoms with Crippen molar-refractivity contribution in [2.24, 2.45) is 0 Å². The van der Waals surface area contributed by atoms with Gasteiger partial charge in [-0.05, 0) is 37.4 Å². The van der Waals surface area contributed by atoms with E-state index in [1.807, 2.05) is 0 Å². The molecule has 1 amide bonds. The van der Waals surface area contributed by atoms with Crippen molar-refractivity contribution in [3.8, 4) is 5.75 Å². The summed E-state index contributed by atoms with van der Waals surface area (Å²) < 4.78 is 58.0. The Labute approximate surface area is 142 Å². The Morgan fingerprint density at radius 3 is 2.52 bits per heavy atom. The number of likely N-dealkylation sites (N-methyl/N-ethyl adjacent to an activating group) is 1. The summed E-state index contributed by atoms with van der Waals surface area (Å²) in [5, 5.41) is 2.17. The number of hydrogen-bond donors (Lipinski definition) is 1. The maximum atomic E-state index is 13.5. The molecule has 1 N–H and O–H groups in total. The standard InChI is InChI=1S/C17H16F4N2O2/c1-23(8-10-7-11(18)3-6-14(10)25-2)9-15(24)22-13-5-4-12(19)16(20)17(13)21/h3-7H,8-9H2,1-2H3,(H,22,24). The number of anilines is 1. The Kier molecular flexibility index (Phi) is 5.97. The normalized spacial score (nSPS) is 10.8. The number of halogens is 4. The van der Waals surface area contributed by atoms with Crippen LogP contribution in [0, 0.1) is 23.3 Å². The van der Waals surface area contributed by atoms with E-state index < -0.39 is 34.9 Å². The largest absolute Gasteiger partial charge is 0.496 e. The van der Waals surface area contributed by atoms with Gasteiger partial charge in [0, 0.05) is 12.1 Å². The number of nitrogens with zero attached hydrogens (tertiary/aromatic N) is 1. The fraction of sp³-hybridized carbons (Fsp3) is 0.235. The van der Waals surface area contributed by atoms with Gasteiger partial charge in [-0.2, -0.15) is 0 Å². The quantitative estimate of drug-likeness (QED) is 0.638. The third-order valence-corrected chi connectivity index (χ3v) is 3.41. The molecule has 0 unspecified atom stereocenters. The molecule has 0 radical (unpaired) electrons. The van der Waals surface area contributed by atoms with Crippen LogP contribution in [0.2, 0.25) is 0 Å². The van der Waals surface area contributed by atoms with Crippen molar-refractivity contribution in [2.45, 2.75) is 6.54 Å². The van der Waals surface area contributed by atoms with Gasteiger partial charge in [0.1, 0.15) is 11.6 Å². The predicted molar refractivity (Wildman–Crippen MR) is 84.2 cm³/mol. The van der Waals surface area contributed by atoms with Gasteiger partial charge in [0.05, 0.1) is 19.3 Å². The molecule has 25 heavy (non-hydrogen) atoms. The van der Waals surface area contributed by atoms with Crippen molar-refractivity contribution in [1.82, 2.24) is 4.90 Å². The van der Waals surface area contributed by atoms with Crippen LogP contribution in [0.25, 0.3) is 0 Å². The van der Waals surface area contributed by atoms with E-state index in [0.29, 0.717) is 11.3 Å². The molecule has 0 saturated heterocycles. The van der Waals surface area contributed by atoms with Crippen molar-refractivity contribution in [2.75, 3.05) is 26.0 Å². The molecular formula is C17H16F4N2O2. The fourth-order valence-electron chi connectivity index (χ4n) is 2.27. The average molecular weight is 356 g/mol. The topological polar surface area (TPSA) is 41.6 Å². The first-order valence-electron chi connectivity index (χ1n) is 7.26. The number of amides is 1. The summed E-state index contributed by atoms with van der Waals surface area (Å²) in [6.07, 6.45) is 0. The van der Waals surface area contributed by atoms with Gasteiger partial charge in [-0.1, -0.05) is 0 Å². The van der Waals surface area contributed by atoms with E-state index in [1.54, 1.807) is 7.05 Å². The Morgan fingerprint density at radius 1 is 1.12 bits per heavy atom. The SMILES string of the molecule is COc1ccc(F)cc1CN(C)CC(=O)Nc1ccc(F)c(F)c1F. The summed E-state index contributed by atoms with van der Waals surface area (Å²) in [6.45, 7) is 0.00666. The van der Waals surface area contributed by atoms with Gasteiger partial charge in [0.25, 0.3) is 0 Å². The molecule has 0 aliphatic heterocycles. The highest BCUT2D eigenvalue weighted by Crippen LogP contribution is 2.21. The highest BCUT2D eigenvalue weighted by molar-refractivity contribution is 5.92. The number of methoxy groups -OCH3 is 1. The van der Waals surface area contributed by atoms with Gasteiger partial charge in [-0.15, -0.1) is 0 Å². The van der Waals surface area contributed by atoms with Gasteiger partial charge >= 0.3 is 0 Å². The lowest BCUT2D eigenvalue weighted by molar-refractivity contribution is -0.117. The second-order valence-electron chi connectivity index (χ2n) is 5.40. The molecular weight excluding hydrogens is 340 g/mol. The summed E-state index contributed by atoms with van der Waals surface area (Å²) in [5.74, 6) is -5.09. The molecule has 0 fully saturated rings. The first-order chi connectivity index (χ1) is 11.8. The molecule has 134 valence electrons. The van der Waals surface area contributed by atoms with Crippen LogP contribution < -0.4 is 10.1 Å². The van der Waals surface area contributed by atoms with Gasteiger partial charge in [0.15, 0.2) is 17.5 Å². The zero-order valence-corrected chi connectivity index (χ0v) is 13.6. The van der Waals surface area contributed by atoms with Crippen molar-refractivity contribution in [3.63, 3.8) is 0 Å². The smallest absolute Gasteiger partial charge is 0.238 e. The minimum absolute atomic E-state index is 0.182. The lowest BCUT2D eigenvalue weighted by atomic mass is 10.2. The fourth-order valence-corrected chi connectivity index (χ4v) is 2.27. The molecule has 0 aromatic heterocycles. The summed E-state index contributed by atoms with van der Waals surface area (Å²) in [4.78, 5) is 13.5. The maximum Gasteiger partial charge on any atom is 0.238 e. The van der Waals surface area contributed by atoms with E-state index in [1.165, 1.54) is 30.2 Å². The zero-order valence-electron chi connectivity index (χ0n) is 13.6. The van der Waals surface area contributed by atoms with Crippen molar-refractivity contribution < 1.29 is 27.1 Å². The number of rotatable bonds is 6. The third kappa shape index (κ3) is 4.69. The molecule has 0 saturated carbocycles. The third-order valence-electron chi connectivity index (χ3n) is 3.41. The summed E-state index contributed by atoms with van der Waals surface area (Å²) >= 11 is 0. The Bertz CT molecular complexity index is 783. The summed E-state index contributed by atoms with van der Waals surface area (Å²) in [7, 11) is 3.03. The molecule has 0 atom stereocenters. The van der Waals surface area contributed by atoms with E-state index in [0.717, 1.165) is 12.1 Å². The van der Waals surface area contributed by atoms with Crippen molar-refractivity contribution in [1.29, 1.82) is 0 Å². The summed E-state index contributed by atoms with van der Waals surface area (Å²) in [6, 6.07) is 5.65. The van der Waals surface area contributed by atoms with Gasteiger partial charge < -0.3 is 10.1 Å². The molecule has 8 heteroatoms. The lowest BCUT2D eigenvalue weighted by Gasteiger charge is -2.18. The second kappa shape index (κ2) is 7.98. The van der Waals surface area contributed by atoms with Crippen LogP contribution in [0.5, 0.6) is 5.75 Å². The number of benzene rings is 2. The Morgan fingerprint density at radius 2 is 1.84 bits per heavy atom. The monoisotopic (exact) mass is 356 g/mol. The van der Waals surface area contributed by atoms with Gasteiger partial charge in [0.2, 0.25) is 5.91 Å². The number of ether oxygens (including phenoxy) is 1. The van der Waals surface area contributed by atoms with Crippen LogP contribution in [0.4, 0.5) is 23.2 Å².